The average molecular weight is 1510 g/mol. The number of hydrogen-bond acceptors (Lipinski definition) is 2. The third-order valence-electron chi connectivity index (χ3n) is 15.7. The minimum absolute atomic E-state index is 0. The summed E-state index contributed by atoms with van der Waals surface area (Å²) in [5.74, 6) is 0.921. The van der Waals surface area contributed by atoms with E-state index in [1.54, 1.807) is 5.30 Å². The smallest absolute Gasteiger partial charge is 0.416 e. The van der Waals surface area contributed by atoms with E-state index < -0.39 is 195 Å². The van der Waals surface area contributed by atoms with E-state index in [1.165, 1.54) is 95.5 Å². The molecule has 3 aliphatic carbocycles. The van der Waals surface area contributed by atoms with E-state index in [0.29, 0.717) is 0 Å². The summed E-state index contributed by atoms with van der Waals surface area (Å²) in [5.41, 5.74) is -27.0. The molecule has 4 aliphatic rings. The average Bonchev–Trinajstić information content (AvgIpc) is 0.746. The van der Waals surface area contributed by atoms with Crippen molar-refractivity contribution >= 4 is 47.1 Å². The Morgan fingerprint density at radius 3 is 0.844 bits per heavy atom. The SMILES string of the molecule is FC(F)(F)c1cc([B-](c2cc(C(F)(F)F)cc(C(F)(F)F)c2)(c2cc(C(F)(F)F)cc(C(F)(F)F)c2)c2cc(C(F)(F)F)cc(C(F)(F)F)c2)cc(C(F)(F)F)c1.[CH]1[CH]CC[CH][CH]CC1.[Ir].c1ccc(P(C2CCCCC2)C2CCCCC2)c(C2=NCCO2)c1. The number of halogens is 24. The Labute approximate surface area is 517 Å². The van der Waals surface area contributed by atoms with Crippen LogP contribution in [0.2, 0.25) is 0 Å². The molecule has 0 bridgehead atoms. The van der Waals surface area contributed by atoms with Gasteiger partial charge in [-0.3, -0.25) is 0 Å². The predicted molar refractivity (Wildman–Crippen MR) is 290 cm³/mol. The predicted octanol–water partition coefficient (Wildman–Crippen LogP) is 18.8. The summed E-state index contributed by atoms with van der Waals surface area (Å²) in [4.78, 5) is 4.64. The minimum atomic E-state index is -6.13. The summed E-state index contributed by atoms with van der Waals surface area (Å²) in [6, 6.07) is 0.276. The van der Waals surface area contributed by atoms with E-state index in [4.69, 9.17) is 4.74 Å². The molecule has 90 heavy (non-hydrogen) atoms. The Bertz CT molecular complexity index is 2740. The topological polar surface area (TPSA) is 21.6 Å². The molecule has 2 nitrogen and oxygen atoms in total. The van der Waals surface area contributed by atoms with Crippen molar-refractivity contribution < 1.29 is 130 Å². The largest absolute Gasteiger partial charge is 0.475 e. The van der Waals surface area contributed by atoms with Crippen LogP contribution in [0.4, 0.5) is 105 Å². The third kappa shape index (κ3) is 18.7. The van der Waals surface area contributed by atoms with Gasteiger partial charge in [-0.1, -0.05) is 113 Å². The van der Waals surface area contributed by atoms with Crippen LogP contribution in [-0.4, -0.2) is 36.5 Å². The summed E-state index contributed by atoms with van der Waals surface area (Å²) in [7, 11) is -0.0898. The van der Waals surface area contributed by atoms with Gasteiger partial charge in [0.25, 0.3) is 0 Å². The summed E-state index contributed by atoms with van der Waals surface area (Å²) in [5, 5.41) is 1.60. The number of alkyl halides is 24. The Balaban J connectivity index is 0.000000316. The van der Waals surface area contributed by atoms with Crippen molar-refractivity contribution in [2.45, 2.75) is 151 Å². The Morgan fingerprint density at radius 2 is 0.611 bits per heavy atom. The van der Waals surface area contributed by atoms with Crippen LogP contribution in [0, 0.1) is 25.7 Å². The Hall–Kier alpha value is -4.97. The molecular formula is C61H54BF24IrNOP-. The van der Waals surface area contributed by atoms with Crippen LogP contribution in [-0.2, 0) is 74.3 Å². The van der Waals surface area contributed by atoms with E-state index >= 15 is 0 Å². The van der Waals surface area contributed by atoms with Gasteiger partial charge < -0.3 is 4.74 Å². The van der Waals surface area contributed by atoms with Gasteiger partial charge in [0, 0.05) is 25.7 Å². The first-order valence-electron chi connectivity index (χ1n) is 27.9. The summed E-state index contributed by atoms with van der Waals surface area (Å²) in [6.45, 7) is 1.59. The second-order valence-electron chi connectivity index (χ2n) is 21.9. The van der Waals surface area contributed by atoms with Gasteiger partial charge in [0.1, 0.15) is 12.8 Å². The maximum Gasteiger partial charge on any atom is 0.416 e. The van der Waals surface area contributed by atoms with Crippen LogP contribution in [0.1, 0.15) is 140 Å². The number of benzene rings is 5. The zero-order valence-electron chi connectivity index (χ0n) is 46.8. The van der Waals surface area contributed by atoms with Gasteiger partial charge in [0.15, 0.2) is 0 Å². The second kappa shape index (κ2) is 29.1. The molecule has 0 aromatic heterocycles. The molecule has 5 aromatic rings. The van der Waals surface area contributed by atoms with Crippen molar-refractivity contribution in [1.29, 1.82) is 0 Å². The van der Waals surface area contributed by atoms with Gasteiger partial charge in [-0.2, -0.15) is 127 Å². The first-order chi connectivity index (χ1) is 41.2. The van der Waals surface area contributed by atoms with Gasteiger partial charge in [-0.25, -0.2) is 4.99 Å². The van der Waals surface area contributed by atoms with Crippen molar-refractivity contribution in [2.75, 3.05) is 13.2 Å². The van der Waals surface area contributed by atoms with Gasteiger partial charge in [-0.15, -0.1) is 0 Å². The van der Waals surface area contributed by atoms with Crippen LogP contribution >= 0.6 is 7.92 Å². The molecule has 1 heterocycles. The van der Waals surface area contributed by atoms with E-state index in [0.717, 1.165) is 30.4 Å². The van der Waals surface area contributed by atoms with Crippen LogP contribution in [0.15, 0.2) is 102 Å². The molecule has 0 spiro atoms. The molecule has 29 heteroatoms. The molecule has 5 aromatic carbocycles. The zero-order valence-corrected chi connectivity index (χ0v) is 50.1. The van der Waals surface area contributed by atoms with Crippen molar-refractivity contribution in [2.24, 2.45) is 4.99 Å². The summed E-state index contributed by atoms with van der Waals surface area (Å²) in [6.07, 6.45) is -26.4. The molecule has 0 N–H and O–H groups in total. The van der Waals surface area contributed by atoms with Crippen molar-refractivity contribution in [3.63, 3.8) is 0 Å². The Kier molecular flexibility index (Phi) is 24.0. The summed E-state index contributed by atoms with van der Waals surface area (Å²) < 4.78 is 347. The molecule has 0 unspecified atom stereocenters. The molecule has 5 radical (unpaired) electrons. The zero-order chi connectivity index (χ0) is 65.8. The van der Waals surface area contributed by atoms with Crippen LogP contribution < -0.4 is 27.2 Å². The number of hydrogen-bond donors (Lipinski definition) is 0. The van der Waals surface area contributed by atoms with Crippen molar-refractivity contribution in [3.05, 3.63) is 173 Å². The van der Waals surface area contributed by atoms with Crippen LogP contribution in [0.3, 0.4) is 0 Å². The van der Waals surface area contributed by atoms with Gasteiger partial charge in [-0.05, 0) is 124 Å². The minimum Gasteiger partial charge on any atom is -0.475 e. The van der Waals surface area contributed by atoms with E-state index in [9.17, 15) is 105 Å². The van der Waals surface area contributed by atoms with Gasteiger partial charge >= 0.3 is 49.4 Å². The fraction of sp³-hybridized carbons (Fsp3) is 0.426. The van der Waals surface area contributed by atoms with Crippen molar-refractivity contribution in [1.82, 2.24) is 0 Å². The molecule has 1 aliphatic heterocycles. The molecule has 9 rings (SSSR count). The molecule has 495 valence electrons. The standard InChI is InChI=1S/C32H12BF24.C21H30NOP.C8H12.Ir/c34-25(35,36)13-1-14(26(37,38)39)6-21(5-13)33(22-7-15(27(40,41)42)2-16(8-22)28(43,44)45,23-9-17(29(46,47)48)3-18(10-23)30(49,50)51)24-11-19(31(52,53)54)4-20(12-24)32(55,56)57;1-3-9-17(10-4-1)24(18-11-5-2-6-12-18)20-14-8-7-13-19(20)21-22-15-16-23-21;1-2-4-6-8-7-5-3-1;/h1-12H;7-8,13-14,17-18H,1-6,9-12,15-16H2;1-2,7-8H,3-6H2;/q-1;;;. The molecule has 3 fully saturated rings. The molecule has 0 amide bonds. The maximum absolute atomic E-state index is 14.2. The first-order valence-corrected chi connectivity index (χ1v) is 29.4. The van der Waals surface area contributed by atoms with E-state index in [2.05, 4.69) is 54.9 Å². The summed E-state index contributed by atoms with van der Waals surface area (Å²) >= 11 is 0. The number of rotatable bonds is 8. The van der Waals surface area contributed by atoms with Crippen LogP contribution in [0.5, 0.6) is 0 Å². The quantitative estimate of drug-likeness (QED) is 0.0862. The first kappa shape index (κ1) is 74.1. The normalized spacial score (nSPS) is 17.4. The number of aliphatic imine (C=N–C) groups is 1. The van der Waals surface area contributed by atoms with Crippen LogP contribution in [0.25, 0.3) is 0 Å². The van der Waals surface area contributed by atoms with Gasteiger partial charge in [0.2, 0.25) is 5.90 Å². The van der Waals surface area contributed by atoms with Crippen molar-refractivity contribution in [3.8, 4) is 0 Å². The molecule has 0 saturated heterocycles. The number of ether oxygens (including phenoxy) is 1. The van der Waals surface area contributed by atoms with E-state index in [-0.39, 0.29) is 28.0 Å². The Morgan fingerprint density at radius 1 is 0.356 bits per heavy atom. The number of nitrogens with zero attached hydrogens (tertiary/aromatic N) is 1. The molecule has 0 atom stereocenters. The monoisotopic (exact) mass is 1510 g/mol. The third-order valence-corrected chi connectivity index (χ3v) is 19.3. The molecular weight excluding hydrogens is 1450 g/mol. The van der Waals surface area contributed by atoms with E-state index in [1.807, 2.05) is 0 Å². The van der Waals surface area contributed by atoms with Gasteiger partial charge in [0.05, 0.1) is 51.1 Å². The maximum atomic E-state index is 14.2. The second-order valence-corrected chi connectivity index (χ2v) is 24.6. The fourth-order valence-corrected chi connectivity index (χ4v) is 15.6. The molecule has 3 saturated carbocycles. The fourth-order valence-electron chi connectivity index (χ4n) is 11.7.